The van der Waals surface area contributed by atoms with Gasteiger partial charge in [0.25, 0.3) is 0 Å². The number of esters is 1. The quantitative estimate of drug-likeness (QED) is 0.449. The molecule has 0 atom stereocenters. The molecule has 19 heavy (non-hydrogen) atoms. The molecule has 6 nitrogen and oxygen atoms in total. The minimum Gasteiger partial charge on any atom is -0.466 e. The average Bonchev–Trinajstić information content (AvgIpc) is 2.76. The molecule has 6 heteroatoms. The Morgan fingerprint density at radius 2 is 2.11 bits per heavy atom. The van der Waals surface area contributed by atoms with Crippen molar-refractivity contribution in [3.05, 3.63) is 11.8 Å². The maximum atomic E-state index is 11.6. The second kappa shape index (κ2) is 7.56. The van der Waals surface area contributed by atoms with E-state index in [1.54, 1.807) is 19.9 Å². The Morgan fingerprint density at radius 3 is 2.58 bits per heavy atom. The summed E-state index contributed by atoms with van der Waals surface area (Å²) in [6, 6.07) is 1.73. The van der Waals surface area contributed by atoms with E-state index in [9.17, 15) is 4.79 Å². The largest absolute Gasteiger partial charge is 0.466 e. The lowest BCUT2D eigenvalue weighted by Gasteiger charge is -2.22. The molecule has 0 aliphatic heterocycles. The minimum atomic E-state index is -0.284. The van der Waals surface area contributed by atoms with Crippen molar-refractivity contribution in [2.24, 2.45) is 4.99 Å². The Balaban J connectivity index is 2.91. The van der Waals surface area contributed by atoms with Gasteiger partial charge in [-0.2, -0.15) is 0 Å². The second-order valence-electron chi connectivity index (χ2n) is 3.98. The summed E-state index contributed by atoms with van der Waals surface area (Å²) >= 11 is 0. The van der Waals surface area contributed by atoms with E-state index in [1.165, 1.54) is 0 Å². The number of hydrogen-bond donors (Lipinski definition) is 0. The Kier molecular flexibility index (Phi) is 6.05. The third kappa shape index (κ3) is 4.73. The fourth-order valence-corrected chi connectivity index (χ4v) is 1.69. The summed E-state index contributed by atoms with van der Waals surface area (Å²) in [4.78, 5) is 18.0. The van der Waals surface area contributed by atoms with E-state index in [4.69, 9.17) is 9.26 Å². The zero-order chi connectivity index (χ0) is 14.3. The summed E-state index contributed by atoms with van der Waals surface area (Å²) in [5, 5.41) is 3.82. The van der Waals surface area contributed by atoms with Gasteiger partial charge in [0.2, 0.25) is 0 Å². The molecule has 0 N–H and O–H groups in total. The van der Waals surface area contributed by atoms with Crippen molar-refractivity contribution in [1.82, 2.24) is 10.1 Å². The Hall–Kier alpha value is -1.85. The SMILES string of the molecule is CCOC(=O)CC(=Nc1cc(C)on1)N(CC)CC. The van der Waals surface area contributed by atoms with Gasteiger partial charge in [0, 0.05) is 19.2 Å². The fourth-order valence-electron chi connectivity index (χ4n) is 1.69. The number of rotatable bonds is 6. The maximum Gasteiger partial charge on any atom is 0.313 e. The molecule has 0 aliphatic carbocycles. The Morgan fingerprint density at radius 1 is 1.42 bits per heavy atom. The molecular formula is C13H21N3O3. The van der Waals surface area contributed by atoms with Gasteiger partial charge in [-0.1, -0.05) is 5.16 Å². The number of ether oxygens (including phenoxy) is 1. The van der Waals surface area contributed by atoms with E-state index in [0.29, 0.717) is 24.0 Å². The number of nitrogens with zero attached hydrogens (tertiary/aromatic N) is 3. The summed E-state index contributed by atoms with van der Waals surface area (Å²) in [6.07, 6.45) is 0.140. The molecular weight excluding hydrogens is 246 g/mol. The van der Waals surface area contributed by atoms with Crippen LogP contribution >= 0.6 is 0 Å². The molecule has 1 aromatic heterocycles. The third-order valence-electron chi connectivity index (χ3n) is 2.60. The summed E-state index contributed by atoms with van der Waals surface area (Å²) in [5.41, 5.74) is 0. The van der Waals surface area contributed by atoms with Gasteiger partial charge < -0.3 is 14.2 Å². The number of aromatic nitrogens is 1. The molecule has 0 unspecified atom stereocenters. The van der Waals surface area contributed by atoms with Crippen LogP contribution in [0.2, 0.25) is 0 Å². The fraction of sp³-hybridized carbons (Fsp3) is 0.615. The molecule has 0 radical (unpaired) electrons. The Bertz CT molecular complexity index is 436. The monoisotopic (exact) mass is 267 g/mol. The van der Waals surface area contributed by atoms with Crippen LogP contribution in [0.3, 0.4) is 0 Å². The molecule has 0 spiro atoms. The van der Waals surface area contributed by atoms with Crippen molar-refractivity contribution in [2.75, 3.05) is 19.7 Å². The predicted molar refractivity (Wildman–Crippen MR) is 72.5 cm³/mol. The highest BCUT2D eigenvalue weighted by Gasteiger charge is 2.14. The van der Waals surface area contributed by atoms with E-state index in [-0.39, 0.29) is 12.4 Å². The van der Waals surface area contributed by atoms with Gasteiger partial charge in [-0.15, -0.1) is 0 Å². The average molecular weight is 267 g/mol. The minimum absolute atomic E-state index is 0.140. The van der Waals surface area contributed by atoms with Crippen molar-refractivity contribution < 1.29 is 14.1 Å². The number of aliphatic imine (C=N–C) groups is 1. The maximum absolute atomic E-state index is 11.6. The van der Waals surface area contributed by atoms with Crippen LogP contribution in [0.15, 0.2) is 15.6 Å². The van der Waals surface area contributed by atoms with E-state index >= 15 is 0 Å². The van der Waals surface area contributed by atoms with Gasteiger partial charge >= 0.3 is 5.97 Å². The van der Waals surface area contributed by atoms with Crippen molar-refractivity contribution in [1.29, 1.82) is 0 Å². The van der Waals surface area contributed by atoms with Crippen LogP contribution in [0, 0.1) is 6.92 Å². The molecule has 0 bridgehead atoms. The number of amidine groups is 1. The lowest BCUT2D eigenvalue weighted by Crippen LogP contribution is -2.32. The van der Waals surface area contributed by atoms with E-state index in [2.05, 4.69) is 10.1 Å². The van der Waals surface area contributed by atoms with Crippen molar-refractivity contribution in [3.63, 3.8) is 0 Å². The van der Waals surface area contributed by atoms with Gasteiger partial charge in [-0.05, 0) is 27.7 Å². The van der Waals surface area contributed by atoms with Crippen LogP contribution in [-0.2, 0) is 9.53 Å². The van der Waals surface area contributed by atoms with Gasteiger partial charge in [0.05, 0.1) is 6.61 Å². The molecule has 0 saturated heterocycles. The molecule has 1 heterocycles. The van der Waals surface area contributed by atoms with Gasteiger partial charge in [-0.25, -0.2) is 4.99 Å². The normalized spacial score (nSPS) is 11.5. The van der Waals surface area contributed by atoms with Gasteiger partial charge in [0.1, 0.15) is 18.0 Å². The van der Waals surface area contributed by atoms with Gasteiger partial charge in [-0.3, -0.25) is 4.79 Å². The molecule has 1 aromatic rings. The lowest BCUT2D eigenvalue weighted by molar-refractivity contribution is -0.141. The number of carbonyl (C=O) groups excluding carboxylic acids is 1. The molecule has 0 saturated carbocycles. The van der Waals surface area contributed by atoms with Gasteiger partial charge in [0.15, 0.2) is 5.82 Å². The summed E-state index contributed by atoms with van der Waals surface area (Å²) in [6.45, 7) is 9.52. The van der Waals surface area contributed by atoms with Crippen LogP contribution < -0.4 is 0 Å². The summed E-state index contributed by atoms with van der Waals surface area (Å²) in [5.74, 6) is 1.53. The first-order chi connectivity index (χ1) is 9.10. The van der Waals surface area contributed by atoms with Crippen LogP contribution in [0.25, 0.3) is 0 Å². The smallest absolute Gasteiger partial charge is 0.313 e. The molecule has 0 aromatic carbocycles. The van der Waals surface area contributed by atoms with Crippen molar-refractivity contribution in [3.8, 4) is 0 Å². The summed E-state index contributed by atoms with van der Waals surface area (Å²) < 4.78 is 9.94. The van der Waals surface area contributed by atoms with E-state index in [1.807, 2.05) is 18.7 Å². The topological polar surface area (TPSA) is 67.9 Å². The molecule has 0 amide bonds. The van der Waals surface area contributed by atoms with Crippen molar-refractivity contribution >= 4 is 17.6 Å². The molecule has 0 aliphatic rings. The standard InChI is InChI=1S/C13H21N3O3/c1-5-16(6-2)12(9-13(17)18-7-3)14-11-8-10(4)19-15-11/h8H,5-7,9H2,1-4H3. The summed E-state index contributed by atoms with van der Waals surface area (Å²) in [7, 11) is 0. The van der Waals surface area contributed by atoms with Crippen LogP contribution in [0.4, 0.5) is 5.82 Å². The zero-order valence-corrected chi connectivity index (χ0v) is 12.0. The molecule has 106 valence electrons. The number of carbonyl (C=O) groups is 1. The van der Waals surface area contributed by atoms with Crippen LogP contribution in [0.1, 0.15) is 33.0 Å². The highest BCUT2D eigenvalue weighted by molar-refractivity contribution is 5.98. The molecule has 1 rings (SSSR count). The third-order valence-corrected chi connectivity index (χ3v) is 2.60. The van der Waals surface area contributed by atoms with Crippen molar-refractivity contribution in [2.45, 2.75) is 34.1 Å². The second-order valence-corrected chi connectivity index (χ2v) is 3.98. The first kappa shape index (κ1) is 15.2. The number of hydrogen-bond acceptors (Lipinski definition) is 5. The van der Waals surface area contributed by atoms with Crippen LogP contribution in [-0.4, -0.2) is 41.6 Å². The predicted octanol–water partition coefficient (Wildman–Crippen LogP) is 2.31. The zero-order valence-electron chi connectivity index (χ0n) is 12.0. The Labute approximate surface area is 113 Å². The van der Waals surface area contributed by atoms with E-state index < -0.39 is 0 Å². The van der Waals surface area contributed by atoms with Crippen LogP contribution in [0.5, 0.6) is 0 Å². The first-order valence-corrected chi connectivity index (χ1v) is 6.52. The molecule has 0 fully saturated rings. The first-order valence-electron chi connectivity index (χ1n) is 6.52. The van der Waals surface area contributed by atoms with E-state index in [0.717, 1.165) is 13.1 Å². The highest BCUT2D eigenvalue weighted by Crippen LogP contribution is 2.13. The lowest BCUT2D eigenvalue weighted by atomic mass is 10.3. The highest BCUT2D eigenvalue weighted by atomic mass is 16.5. The number of aryl methyl sites for hydroxylation is 1.